The van der Waals surface area contributed by atoms with Crippen molar-refractivity contribution in [1.82, 2.24) is 15.5 Å². The summed E-state index contributed by atoms with van der Waals surface area (Å²) in [6.07, 6.45) is 0. The van der Waals surface area contributed by atoms with Crippen LogP contribution in [0.5, 0.6) is 0 Å². The van der Waals surface area contributed by atoms with Gasteiger partial charge in [-0.3, -0.25) is 19.3 Å². The Morgan fingerprint density at radius 3 is 2.20 bits per heavy atom. The maximum Gasteiger partial charge on any atom is 0.261 e. The fourth-order valence-corrected chi connectivity index (χ4v) is 2.08. The molecular weight excluding hydrogens is 258 g/mol. The van der Waals surface area contributed by atoms with Gasteiger partial charge in [-0.2, -0.15) is 0 Å². The van der Waals surface area contributed by atoms with E-state index >= 15 is 0 Å². The standard InChI is InChI=1S/C14H17N3O3/c1-10(18)16-7-6-15-8-9-17-13(19)11-4-2-3-5-12(11)14(17)20/h2-5,15H,6-9H2,1H3,(H,16,18). The molecule has 0 atom stereocenters. The average Bonchev–Trinajstić information content (AvgIpc) is 2.67. The summed E-state index contributed by atoms with van der Waals surface area (Å²) in [4.78, 5) is 36.0. The lowest BCUT2D eigenvalue weighted by molar-refractivity contribution is -0.118. The number of rotatable bonds is 6. The number of carbonyl (C=O) groups excluding carboxylic acids is 3. The molecule has 20 heavy (non-hydrogen) atoms. The molecule has 1 aliphatic rings. The highest BCUT2D eigenvalue weighted by Crippen LogP contribution is 2.21. The number of nitrogens with one attached hydrogen (secondary N) is 2. The van der Waals surface area contributed by atoms with Gasteiger partial charge in [0.25, 0.3) is 11.8 Å². The van der Waals surface area contributed by atoms with Gasteiger partial charge in [0.1, 0.15) is 0 Å². The zero-order valence-electron chi connectivity index (χ0n) is 11.3. The van der Waals surface area contributed by atoms with E-state index in [1.165, 1.54) is 11.8 Å². The fourth-order valence-electron chi connectivity index (χ4n) is 2.08. The number of benzene rings is 1. The predicted molar refractivity (Wildman–Crippen MR) is 73.4 cm³/mol. The van der Waals surface area contributed by atoms with E-state index in [-0.39, 0.29) is 17.7 Å². The smallest absolute Gasteiger partial charge is 0.261 e. The van der Waals surface area contributed by atoms with Crippen LogP contribution in [0.15, 0.2) is 24.3 Å². The first kappa shape index (κ1) is 14.2. The zero-order chi connectivity index (χ0) is 14.5. The van der Waals surface area contributed by atoms with Gasteiger partial charge in [0.05, 0.1) is 11.1 Å². The third kappa shape index (κ3) is 3.03. The molecule has 1 heterocycles. The highest BCUT2D eigenvalue weighted by molar-refractivity contribution is 6.21. The van der Waals surface area contributed by atoms with Gasteiger partial charge >= 0.3 is 0 Å². The third-order valence-electron chi connectivity index (χ3n) is 3.07. The van der Waals surface area contributed by atoms with Crippen molar-refractivity contribution in [3.8, 4) is 0 Å². The molecule has 0 aromatic heterocycles. The molecule has 1 aliphatic heterocycles. The number of amides is 3. The Morgan fingerprint density at radius 2 is 1.65 bits per heavy atom. The highest BCUT2D eigenvalue weighted by Gasteiger charge is 2.34. The van der Waals surface area contributed by atoms with Gasteiger partial charge in [-0.25, -0.2) is 0 Å². The van der Waals surface area contributed by atoms with Crippen molar-refractivity contribution in [2.24, 2.45) is 0 Å². The molecule has 0 unspecified atom stereocenters. The van der Waals surface area contributed by atoms with Gasteiger partial charge in [0, 0.05) is 33.1 Å². The van der Waals surface area contributed by atoms with Crippen LogP contribution in [0.4, 0.5) is 0 Å². The Morgan fingerprint density at radius 1 is 1.05 bits per heavy atom. The van der Waals surface area contributed by atoms with Gasteiger partial charge in [0.15, 0.2) is 0 Å². The molecule has 0 radical (unpaired) electrons. The van der Waals surface area contributed by atoms with Crippen LogP contribution in [-0.2, 0) is 4.79 Å². The SMILES string of the molecule is CC(=O)NCCNCCN1C(=O)c2ccccc2C1=O. The molecular formula is C14H17N3O3. The molecule has 0 aliphatic carbocycles. The van der Waals surface area contributed by atoms with Crippen molar-refractivity contribution < 1.29 is 14.4 Å². The van der Waals surface area contributed by atoms with E-state index < -0.39 is 0 Å². The van der Waals surface area contributed by atoms with E-state index in [1.807, 2.05) is 0 Å². The summed E-state index contributed by atoms with van der Waals surface area (Å²) >= 11 is 0. The Balaban J connectivity index is 1.79. The van der Waals surface area contributed by atoms with E-state index in [9.17, 15) is 14.4 Å². The second-order valence-corrected chi connectivity index (χ2v) is 4.54. The van der Waals surface area contributed by atoms with E-state index in [0.717, 1.165) is 0 Å². The van der Waals surface area contributed by atoms with Crippen LogP contribution in [0.3, 0.4) is 0 Å². The minimum atomic E-state index is -0.241. The summed E-state index contributed by atoms with van der Waals surface area (Å²) in [5, 5.41) is 5.73. The molecule has 0 fully saturated rings. The van der Waals surface area contributed by atoms with Crippen molar-refractivity contribution in [2.75, 3.05) is 26.2 Å². The second-order valence-electron chi connectivity index (χ2n) is 4.54. The lowest BCUT2D eigenvalue weighted by Gasteiger charge is -2.14. The van der Waals surface area contributed by atoms with Crippen LogP contribution in [-0.4, -0.2) is 48.8 Å². The van der Waals surface area contributed by atoms with Crippen molar-refractivity contribution in [1.29, 1.82) is 0 Å². The van der Waals surface area contributed by atoms with Gasteiger partial charge in [-0.1, -0.05) is 12.1 Å². The van der Waals surface area contributed by atoms with Crippen molar-refractivity contribution in [3.63, 3.8) is 0 Å². The quantitative estimate of drug-likeness (QED) is 0.566. The first-order valence-corrected chi connectivity index (χ1v) is 6.51. The molecule has 3 amide bonds. The maximum absolute atomic E-state index is 12.0. The second kappa shape index (κ2) is 6.29. The van der Waals surface area contributed by atoms with Crippen LogP contribution in [0.2, 0.25) is 0 Å². The van der Waals surface area contributed by atoms with Crippen molar-refractivity contribution in [3.05, 3.63) is 35.4 Å². The van der Waals surface area contributed by atoms with Crippen LogP contribution >= 0.6 is 0 Å². The number of hydrogen-bond acceptors (Lipinski definition) is 4. The minimum Gasteiger partial charge on any atom is -0.355 e. The molecule has 6 nitrogen and oxygen atoms in total. The van der Waals surface area contributed by atoms with Crippen LogP contribution in [0.25, 0.3) is 0 Å². The molecule has 0 spiro atoms. The Kier molecular flexibility index (Phi) is 4.47. The van der Waals surface area contributed by atoms with Crippen molar-refractivity contribution in [2.45, 2.75) is 6.92 Å². The summed E-state index contributed by atoms with van der Waals surface area (Å²) in [5.41, 5.74) is 0.937. The summed E-state index contributed by atoms with van der Waals surface area (Å²) in [5.74, 6) is -0.560. The maximum atomic E-state index is 12.0. The summed E-state index contributed by atoms with van der Waals surface area (Å²) in [7, 11) is 0. The molecule has 1 aromatic rings. The van der Waals surface area contributed by atoms with Gasteiger partial charge < -0.3 is 10.6 Å². The molecule has 0 saturated heterocycles. The molecule has 2 N–H and O–H groups in total. The van der Waals surface area contributed by atoms with Crippen LogP contribution in [0.1, 0.15) is 27.6 Å². The Labute approximate surface area is 117 Å². The first-order valence-electron chi connectivity index (χ1n) is 6.51. The Bertz CT molecular complexity index is 507. The first-order chi connectivity index (χ1) is 9.61. The Hall–Kier alpha value is -2.21. The fraction of sp³-hybridized carbons (Fsp3) is 0.357. The monoisotopic (exact) mass is 275 g/mol. The van der Waals surface area contributed by atoms with Gasteiger partial charge in [0.2, 0.25) is 5.91 Å². The summed E-state index contributed by atoms with van der Waals surface area (Å²) < 4.78 is 0. The van der Waals surface area contributed by atoms with E-state index in [2.05, 4.69) is 10.6 Å². The zero-order valence-corrected chi connectivity index (χ0v) is 11.3. The van der Waals surface area contributed by atoms with E-state index in [4.69, 9.17) is 0 Å². The lowest BCUT2D eigenvalue weighted by Crippen LogP contribution is -2.38. The number of fused-ring (bicyclic) bond motifs is 1. The van der Waals surface area contributed by atoms with E-state index in [1.54, 1.807) is 24.3 Å². The average molecular weight is 275 g/mol. The highest BCUT2D eigenvalue weighted by atomic mass is 16.2. The largest absolute Gasteiger partial charge is 0.355 e. The lowest BCUT2D eigenvalue weighted by atomic mass is 10.1. The third-order valence-corrected chi connectivity index (χ3v) is 3.07. The minimum absolute atomic E-state index is 0.0767. The number of nitrogens with zero attached hydrogens (tertiary/aromatic N) is 1. The normalized spacial score (nSPS) is 13.6. The summed E-state index contributed by atoms with van der Waals surface area (Å²) in [6.45, 7) is 3.41. The van der Waals surface area contributed by atoms with Gasteiger partial charge in [-0.15, -0.1) is 0 Å². The number of imide groups is 1. The van der Waals surface area contributed by atoms with Gasteiger partial charge in [-0.05, 0) is 12.1 Å². The van der Waals surface area contributed by atoms with Crippen molar-refractivity contribution >= 4 is 17.7 Å². The molecule has 0 bridgehead atoms. The molecule has 0 saturated carbocycles. The predicted octanol–water partition coefficient (Wildman–Crippen LogP) is 0.00830. The number of carbonyl (C=O) groups is 3. The molecule has 106 valence electrons. The molecule has 6 heteroatoms. The summed E-state index contributed by atoms with van der Waals surface area (Å²) in [6, 6.07) is 6.83. The molecule has 1 aromatic carbocycles. The van der Waals surface area contributed by atoms with Crippen LogP contribution < -0.4 is 10.6 Å². The van der Waals surface area contributed by atoms with E-state index in [0.29, 0.717) is 37.3 Å². The number of hydrogen-bond donors (Lipinski definition) is 2. The molecule has 2 rings (SSSR count). The topological polar surface area (TPSA) is 78.5 Å². The van der Waals surface area contributed by atoms with Crippen LogP contribution in [0, 0.1) is 0 Å².